The molecule has 1 heterocycles. The fourth-order valence-corrected chi connectivity index (χ4v) is 6.80. The van der Waals surface area contributed by atoms with Crippen LogP contribution < -0.4 is 4.72 Å². The fourth-order valence-electron chi connectivity index (χ4n) is 2.56. The second-order valence-corrected chi connectivity index (χ2v) is 12.2. The number of benzene rings is 1. The van der Waals surface area contributed by atoms with E-state index in [2.05, 4.69) is 4.72 Å². The van der Waals surface area contributed by atoms with Crippen molar-refractivity contribution in [1.29, 1.82) is 0 Å². The number of carbonyl (C=O) groups is 1. The molecule has 1 saturated heterocycles. The van der Waals surface area contributed by atoms with Gasteiger partial charge in [0, 0.05) is 11.1 Å². The molecular formula is C13H13Cl4NO5S2. The molecule has 1 aliphatic heterocycles. The van der Waals surface area contributed by atoms with Gasteiger partial charge in [-0.1, -0.05) is 52.5 Å². The van der Waals surface area contributed by atoms with Crippen molar-refractivity contribution in [2.45, 2.75) is 21.7 Å². The standard InChI is InChI=1S/C13H13Cl4NO5S2/c1-7-2-3-8(14)4-11(7)25(22,23)18-10-6-24(20,21)5-9(10)12(19)13(15,16)17/h2-4,9-10,18H,5-6H2,1H3/t9-,10-/m0/s1. The molecule has 0 radical (unpaired) electrons. The van der Waals surface area contributed by atoms with Gasteiger partial charge in [0.25, 0.3) is 0 Å². The maximum absolute atomic E-state index is 12.6. The molecule has 0 amide bonds. The molecule has 0 saturated carbocycles. The normalized spacial score (nSPS) is 23.6. The van der Waals surface area contributed by atoms with E-state index in [0.29, 0.717) is 5.56 Å². The van der Waals surface area contributed by atoms with E-state index in [1.165, 1.54) is 18.2 Å². The van der Waals surface area contributed by atoms with Gasteiger partial charge in [0.05, 0.1) is 22.3 Å². The van der Waals surface area contributed by atoms with E-state index in [9.17, 15) is 21.6 Å². The quantitative estimate of drug-likeness (QED) is 0.683. The zero-order valence-electron chi connectivity index (χ0n) is 12.7. The van der Waals surface area contributed by atoms with E-state index in [-0.39, 0.29) is 9.92 Å². The van der Waals surface area contributed by atoms with Crippen molar-refractivity contribution in [3.05, 3.63) is 28.8 Å². The van der Waals surface area contributed by atoms with Crippen molar-refractivity contribution in [2.24, 2.45) is 5.92 Å². The fraction of sp³-hybridized carbons (Fsp3) is 0.462. The summed E-state index contributed by atoms with van der Waals surface area (Å²) in [6.07, 6.45) is 0. The Labute approximate surface area is 165 Å². The number of hydrogen-bond donors (Lipinski definition) is 1. The number of halogens is 4. The second-order valence-electron chi connectivity index (χ2n) is 5.68. The number of nitrogens with one attached hydrogen (secondary N) is 1. The van der Waals surface area contributed by atoms with Gasteiger partial charge in [0.1, 0.15) is 0 Å². The lowest BCUT2D eigenvalue weighted by Crippen LogP contribution is -2.45. The smallest absolute Gasteiger partial charge is 0.249 e. The molecule has 1 aliphatic rings. The molecule has 1 aromatic carbocycles. The van der Waals surface area contributed by atoms with Gasteiger partial charge in [-0.2, -0.15) is 0 Å². The van der Waals surface area contributed by atoms with E-state index in [4.69, 9.17) is 46.4 Å². The van der Waals surface area contributed by atoms with Crippen LogP contribution in [-0.4, -0.2) is 44.0 Å². The topological polar surface area (TPSA) is 97.4 Å². The summed E-state index contributed by atoms with van der Waals surface area (Å²) in [7, 11) is -7.81. The first-order valence-electron chi connectivity index (χ1n) is 6.83. The molecule has 0 aromatic heterocycles. The number of ketones is 1. The Morgan fingerprint density at radius 1 is 1.24 bits per heavy atom. The van der Waals surface area contributed by atoms with E-state index in [1.54, 1.807) is 6.92 Å². The summed E-state index contributed by atoms with van der Waals surface area (Å²) in [5.74, 6) is -3.44. The molecule has 6 nitrogen and oxygen atoms in total. The maximum Gasteiger partial charge on any atom is 0.249 e. The highest BCUT2D eigenvalue weighted by atomic mass is 35.6. The van der Waals surface area contributed by atoms with Gasteiger partial charge in [-0.15, -0.1) is 0 Å². The average molecular weight is 469 g/mol. The van der Waals surface area contributed by atoms with Crippen LogP contribution in [0.4, 0.5) is 0 Å². The van der Waals surface area contributed by atoms with Gasteiger partial charge in [-0.3, -0.25) is 4.79 Å². The molecule has 2 atom stereocenters. The molecule has 12 heteroatoms. The molecule has 0 unspecified atom stereocenters. The minimum Gasteiger partial charge on any atom is -0.294 e. The van der Waals surface area contributed by atoms with Crippen molar-refractivity contribution in [1.82, 2.24) is 4.72 Å². The first-order chi connectivity index (χ1) is 11.2. The van der Waals surface area contributed by atoms with Gasteiger partial charge in [0.15, 0.2) is 15.6 Å². The zero-order chi connectivity index (χ0) is 19.2. The molecule has 1 aromatic rings. The van der Waals surface area contributed by atoms with E-state index < -0.39 is 52.9 Å². The van der Waals surface area contributed by atoms with Crippen LogP contribution in [0, 0.1) is 12.8 Å². The van der Waals surface area contributed by atoms with Crippen LogP contribution in [-0.2, 0) is 24.7 Å². The van der Waals surface area contributed by atoms with E-state index in [1.807, 2.05) is 0 Å². The predicted octanol–water partition coefficient (Wildman–Crippen LogP) is 2.28. The van der Waals surface area contributed by atoms with Crippen LogP contribution >= 0.6 is 46.4 Å². The molecule has 0 bridgehead atoms. The molecule has 1 fully saturated rings. The van der Waals surface area contributed by atoms with Crippen LogP contribution in [0.25, 0.3) is 0 Å². The van der Waals surface area contributed by atoms with E-state index in [0.717, 1.165) is 0 Å². The first-order valence-corrected chi connectivity index (χ1v) is 11.6. The van der Waals surface area contributed by atoms with Crippen molar-refractivity contribution in [3.63, 3.8) is 0 Å². The summed E-state index contributed by atoms with van der Waals surface area (Å²) < 4.78 is 48.9. The largest absolute Gasteiger partial charge is 0.294 e. The van der Waals surface area contributed by atoms with Gasteiger partial charge in [0.2, 0.25) is 13.8 Å². The lowest BCUT2D eigenvalue weighted by Gasteiger charge is -2.22. The SMILES string of the molecule is Cc1ccc(Cl)cc1S(=O)(=O)N[C@H]1CS(=O)(=O)C[C@@H]1C(=O)C(Cl)(Cl)Cl. The third-order valence-electron chi connectivity index (χ3n) is 3.72. The maximum atomic E-state index is 12.6. The van der Waals surface area contributed by atoms with Crippen LogP contribution in [0.5, 0.6) is 0 Å². The number of alkyl halides is 3. The Bertz CT molecular complexity index is 909. The Balaban J connectivity index is 2.39. The summed E-state index contributed by atoms with van der Waals surface area (Å²) in [6.45, 7) is 1.56. The van der Waals surface area contributed by atoms with E-state index >= 15 is 0 Å². The van der Waals surface area contributed by atoms with Gasteiger partial charge >= 0.3 is 0 Å². The number of sulfone groups is 1. The summed E-state index contributed by atoms with van der Waals surface area (Å²) in [5.41, 5.74) is 0.405. The number of hydrogen-bond acceptors (Lipinski definition) is 5. The minimum absolute atomic E-state index is 0.121. The van der Waals surface area contributed by atoms with Crippen molar-refractivity contribution in [2.75, 3.05) is 11.5 Å². The van der Waals surface area contributed by atoms with Gasteiger partial charge in [-0.25, -0.2) is 21.6 Å². The highest BCUT2D eigenvalue weighted by molar-refractivity contribution is 7.92. The highest BCUT2D eigenvalue weighted by Crippen LogP contribution is 2.35. The Kier molecular flexibility index (Phi) is 6.06. The molecule has 0 aliphatic carbocycles. The molecule has 1 N–H and O–H groups in total. The summed E-state index contributed by atoms with van der Waals surface area (Å²) in [6, 6.07) is 3.02. The van der Waals surface area contributed by atoms with Crippen molar-refractivity contribution in [3.8, 4) is 0 Å². The number of carbonyl (C=O) groups excluding carboxylic acids is 1. The van der Waals surface area contributed by atoms with Crippen LogP contribution in [0.15, 0.2) is 23.1 Å². The predicted molar refractivity (Wildman–Crippen MR) is 97.7 cm³/mol. The van der Waals surface area contributed by atoms with Crippen LogP contribution in [0.3, 0.4) is 0 Å². The number of sulfonamides is 1. The molecule has 140 valence electrons. The lowest BCUT2D eigenvalue weighted by atomic mass is 10.0. The van der Waals surface area contributed by atoms with Gasteiger partial charge < -0.3 is 0 Å². The molecule has 25 heavy (non-hydrogen) atoms. The Morgan fingerprint density at radius 3 is 2.40 bits per heavy atom. The number of rotatable bonds is 4. The number of aryl methyl sites for hydroxylation is 1. The third kappa shape index (κ3) is 5.00. The Morgan fingerprint density at radius 2 is 1.84 bits per heavy atom. The Hall–Kier alpha value is -0.0900. The minimum atomic E-state index is -4.14. The van der Waals surface area contributed by atoms with Crippen LogP contribution in [0.1, 0.15) is 5.56 Å². The van der Waals surface area contributed by atoms with Crippen molar-refractivity contribution < 1.29 is 21.6 Å². The van der Waals surface area contributed by atoms with Crippen LogP contribution in [0.2, 0.25) is 5.02 Å². The average Bonchev–Trinajstić information content (AvgIpc) is 2.73. The molecule has 2 rings (SSSR count). The summed E-state index contributed by atoms with van der Waals surface area (Å²) in [4.78, 5) is 12.1. The first kappa shape index (κ1) is 21.2. The van der Waals surface area contributed by atoms with Crippen molar-refractivity contribution >= 4 is 72.0 Å². The third-order valence-corrected chi connectivity index (χ3v) is 7.87. The molecular weight excluding hydrogens is 456 g/mol. The summed E-state index contributed by atoms with van der Waals surface area (Å²) in [5, 5.41) is 0.193. The highest BCUT2D eigenvalue weighted by Gasteiger charge is 2.49. The molecule has 0 spiro atoms. The number of Topliss-reactive ketones (excluding diaryl/α,β-unsaturated/α-hetero) is 1. The van der Waals surface area contributed by atoms with Gasteiger partial charge in [-0.05, 0) is 24.6 Å². The lowest BCUT2D eigenvalue weighted by molar-refractivity contribution is -0.121. The second kappa shape index (κ2) is 7.14. The summed E-state index contributed by atoms with van der Waals surface area (Å²) >= 11 is 22.5. The zero-order valence-corrected chi connectivity index (χ0v) is 17.3. The monoisotopic (exact) mass is 467 g/mol.